The van der Waals surface area contributed by atoms with Gasteiger partial charge in [0.2, 0.25) is 0 Å². The molecule has 0 bridgehead atoms. The molecule has 0 aliphatic heterocycles. The van der Waals surface area contributed by atoms with Crippen LogP contribution in [-0.2, 0) is 6.42 Å². The molecule has 0 aliphatic carbocycles. The molecule has 0 spiro atoms. The third kappa shape index (κ3) is 1.87. The number of aryl methyl sites for hydroxylation is 1. The van der Waals surface area contributed by atoms with Crippen LogP contribution in [-0.4, -0.2) is 5.33 Å². The minimum Gasteiger partial charge on any atom is -0.423 e. The van der Waals surface area contributed by atoms with Crippen LogP contribution in [0.15, 0.2) is 39.5 Å². The summed E-state index contributed by atoms with van der Waals surface area (Å²) in [6, 6.07) is 9.14. The van der Waals surface area contributed by atoms with Gasteiger partial charge in [0.15, 0.2) is 0 Å². The molecular formula is C11H9BrO2. The number of rotatable bonds is 2. The van der Waals surface area contributed by atoms with Crippen molar-refractivity contribution in [1.82, 2.24) is 0 Å². The first-order chi connectivity index (χ1) is 6.79. The average Bonchev–Trinajstić information content (AvgIpc) is 2.17. The number of benzene rings is 1. The van der Waals surface area contributed by atoms with E-state index in [2.05, 4.69) is 15.9 Å². The lowest BCUT2D eigenvalue weighted by molar-refractivity contribution is 0.560. The van der Waals surface area contributed by atoms with Crippen molar-refractivity contribution < 1.29 is 4.42 Å². The molecule has 0 radical (unpaired) electrons. The maximum atomic E-state index is 11.0. The van der Waals surface area contributed by atoms with Gasteiger partial charge in [-0.3, -0.25) is 0 Å². The highest BCUT2D eigenvalue weighted by Gasteiger charge is 1.98. The second kappa shape index (κ2) is 3.96. The van der Waals surface area contributed by atoms with Crippen molar-refractivity contribution in [3.8, 4) is 0 Å². The van der Waals surface area contributed by atoms with Gasteiger partial charge in [0, 0.05) is 16.8 Å². The van der Waals surface area contributed by atoms with Crippen molar-refractivity contribution in [3.05, 3.63) is 46.3 Å². The maximum absolute atomic E-state index is 11.0. The molecule has 0 N–H and O–H groups in total. The molecule has 2 nitrogen and oxygen atoms in total. The number of alkyl halides is 1. The molecular weight excluding hydrogens is 244 g/mol. The van der Waals surface area contributed by atoms with Crippen molar-refractivity contribution in [1.29, 1.82) is 0 Å². The first-order valence-electron chi connectivity index (χ1n) is 4.38. The van der Waals surface area contributed by atoms with Gasteiger partial charge in [-0.25, -0.2) is 4.79 Å². The summed E-state index contributed by atoms with van der Waals surface area (Å²) >= 11 is 3.37. The SMILES string of the molecule is O=c1ccc2ccc(CCBr)cc2o1. The van der Waals surface area contributed by atoms with Crippen LogP contribution in [0.4, 0.5) is 0 Å². The van der Waals surface area contributed by atoms with E-state index in [1.807, 2.05) is 18.2 Å². The Morgan fingerprint density at radius 1 is 1.21 bits per heavy atom. The van der Waals surface area contributed by atoms with Gasteiger partial charge in [-0.2, -0.15) is 0 Å². The quantitative estimate of drug-likeness (QED) is 0.608. The van der Waals surface area contributed by atoms with E-state index in [1.165, 1.54) is 11.6 Å². The van der Waals surface area contributed by atoms with E-state index < -0.39 is 0 Å². The van der Waals surface area contributed by atoms with E-state index in [0.29, 0.717) is 5.58 Å². The molecule has 72 valence electrons. The summed E-state index contributed by atoms with van der Waals surface area (Å²) in [7, 11) is 0. The Morgan fingerprint density at radius 2 is 2.00 bits per heavy atom. The van der Waals surface area contributed by atoms with Gasteiger partial charge in [-0.15, -0.1) is 0 Å². The fourth-order valence-electron chi connectivity index (χ4n) is 1.37. The number of hydrogen-bond donors (Lipinski definition) is 0. The Balaban J connectivity index is 2.58. The second-order valence-corrected chi connectivity index (χ2v) is 3.86. The van der Waals surface area contributed by atoms with E-state index in [0.717, 1.165) is 17.1 Å². The van der Waals surface area contributed by atoms with Gasteiger partial charge >= 0.3 is 5.63 Å². The molecule has 0 fully saturated rings. The lowest BCUT2D eigenvalue weighted by Crippen LogP contribution is -1.95. The zero-order valence-corrected chi connectivity index (χ0v) is 9.08. The molecule has 0 unspecified atom stereocenters. The van der Waals surface area contributed by atoms with Crippen molar-refractivity contribution in [2.75, 3.05) is 5.33 Å². The van der Waals surface area contributed by atoms with E-state index >= 15 is 0 Å². The normalized spacial score (nSPS) is 10.6. The summed E-state index contributed by atoms with van der Waals surface area (Å²) in [4.78, 5) is 11.0. The number of fused-ring (bicyclic) bond motifs is 1. The van der Waals surface area contributed by atoms with Crippen LogP contribution in [0.1, 0.15) is 5.56 Å². The van der Waals surface area contributed by atoms with Crippen LogP contribution in [0.5, 0.6) is 0 Å². The van der Waals surface area contributed by atoms with Crippen LogP contribution >= 0.6 is 15.9 Å². The summed E-state index contributed by atoms with van der Waals surface area (Å²) in [5.41, 5.74) is 1.54. The zero-order chi connectivity index (χ0) is 9.97. The topological polar surface area (TPSA) is 30.2 Å². The molecule has 14 heavy (non-hydrogen) atoms. The van der Waals surface area contributed by atoms with E-state index in [9.17, 15) is 4.79 Å². The van der Waals surface area contributed by atoms with Gasteiger partial charge in [0.25, 0.3) is 0 Å². The lowest BCUT2D eigenvalue weighted by Gasteiger charge is -1.99. The zero-order valence-electron chi connectivity index (χ0n) is 7.50. The summed E-state index contributed by atoms with van der Waals surface area (Å²) < 4.78 is 5.08. The predicted octanol–water partition coefficient (Wildman–Crippen LogP) is 2.73. The highest BCUT2D eigenvalue weighted by Crippen LogP contribution is 2.14. The smallest absolute Gasteiger partial charge is 0.336 e. The van der Waals surface area contributed by atoms with Crippen LogP contribution in [0.3, 0.4) is 0 Å². The van der Waals surface area contributed by atoms with Gasteiger partial charge in [0.1, 0.15) is 5.58 Å². The minimum absolute atomic E-state index is 0.298. The maximum Gasteiger partial charge on any atom is 0.336 e. The first-order valence-corrected chi connectivity index (χ1v) is 5.50. The molecule has 3 heteroatoms. The van der Waals surface area contributed by atoms with Gasteiger partial charge in [-0.05, 0) is 24.1 Å². The largest absolute Gasteiger partial charge is 0.423 e. The predicted molar refractivity (Wildman–Crippen MR) is 60.0 cm³/mol. The van der Waals surface area contributed by atoms with Crippen molar-refractivity contribution in [2.24, 2.45) is 0 Å². The number of halogens is 1. The molecule has 1 aromatic heterocycles. The Kier molecular flexibility index (Phi) is 2.68. The summed E-state index contributed by atoms with van der Waals surface area (Å²) in [6.45, 7) is 0. The second-order valence-electron chi connectivity index (χ2n) is 3.07. The molecule has 0 aliphatic rings. The molecule has 0 atom stereocenters. The Morgan fingerprint density at radius 3 is 2.79 bits per heavy atom. The third-order valence-electron chi connectivity index (χ3n) is 2.07. The molecule has 0 saturated heterocycles. The first kappa shape index (κ1) is 9.46. The molecule has 2 aromatic rings. The summed E-state index contributed by atoms with van der Waals surface area (Å²) in [5, 5.41) is 1.87. The van der Waals surface area contributed by atoms with Crippen LogP contribution < -0.4 is 5.63 Å². The van der Waals surface area contributed by atoms with Crippen LogP contribution in [0.25, 0.3) is 11.0 Å². The van der Waals surface area contributed by atoms with E-state index in [1.54, 1.807) is 6.07 Å². The molecule has 0 saturated carbocycles. The minimum atomic E-state index is -0.298. The molecule has 2 rings (SSSR count). The highest BCUT2D eigenvalue weighted by atomic mass is 79.9. The van der Waals surface area contributed by atoms with Crippen molar-refractivity contribution in [3.63, 3.8) is 0 Å². The van der Waals surface area contributed by atoms with Gasteiger partial charge in [0.05, 0.1) is 0 Å². The molecule has 0 amide bonds. The van der Waals surface area contributed by atoms with Crippen molar-refractivity contribution in [2.45, 2.75) is 6.42 Å². The molecule has 1 heterocycles. The van der Waals surface area contributed by atoms with Gasteiger partial charge < -0.3 is 4.42 Å². The van der Waals surface area contributed by atoms with E-state index in [4.69, 9.17) is 4.42 Å². The Bertz CT molecular complexity index is 502. The molecule has 1 aromatic carbocycles. The summed E-state index contributed by atoms with van der Waals surface area (Å²) in [6.07, 6.45) is 0.939. The lowest BCUT2D eigenvalue weighted by atomic mass is 10.1. The third-order valence-corrected chi connectivity index (χ3v) is 2.47. The number of hydrogen-bond acceptors (Lipinski definition) is 2. The van der Waals surface area contributed by atoms with Crippen LogP contribution in [0.2, 0.25) is 0 Å². The van der Waals surface area contributed by atoms with Gasteiger partial charge in [-0.1, -0.05) is 28.1 Å². The van der Waals surface area contributed by atoms with Crippen molar-refractivity contribution >= 4 is 26.9 Å². The highest BCUT2D eigenvalue weighted by molar-refractivity contribution is 9.09. The Labute approximate surface area is 89.7 Å². The standard InChI is InChI=1S/C11H9BrO2/c12-6-5-8-1-2-9-3-4-11(13)14-10(9)7-8/h1-4,7H,5-6H2. The average molecular weight is 253 g/mol. The van der Waals surface area contributed by atoms with Crippen LogP contribution in [0, 0.1) is 0 Å². The summed E-state index contributed by atoms with van der Waals surface area (Å²) in [5.74, 6) is 0. The monoisotopic (exact) mass is 252 g/mol. The fraction of sp³-hybridized carbons (Fsp3) is 0.182. The fourth-order valence-corrected chi connectivity index (χ4v) is 1.83. The van der Waals surface area contributed by atoms with E-state index in [-0.39, 0.29) is 5.63 Å². The Hall–Kier alpha value is -1.09.